The van der Waals surface area contributed by atoms with Crippen molar-refractivity contribution in [3.05, 3.63) is 11.6 Å². The molecule has 142 valence electrons. The highest BCUT2D eigenvalue weighted by Crippen LogP contribution is 2.63. The highest BCUT2D eigenvalue weighted by molar-refractivity contribution is 8.14. The van der Waals surface area contributed by atoms with Crippen LogP contribution in [0, 0.1) is 23.2 Å². The maximum absolute atomic E-state index is 12.3. The smallest absolute Gasteiger partial charge is 0.306 e. The Labute approximate surface area is 159 Å². The van der Waals surface area contributed by atoms with Crippen LogP contribution < -0.4 is 0 Å². The minimum Gasteiger partial charge on any atom is -0.459 e. The summed E-state index contributed by atoms with van der Waals surface area (Å²) in [4.78, 5) is 36.0. The molecule has 0 aromatic carbocycles. The summed E-state index contributed by atoms with van der Waals surface area (Å²) in [5.74, 6) is 1.48. The number of rotatable bonds is 1. The Kier molecular flexibility index (Phi) is 4.37. The first-order chi connectivity index (χ1) is 12.2. The zero-order valence-corrected chi connectivity index (χ0v) is 16.7. The van der Waals surface area contributed by atoms with Crippen LogP contribution in [0.25, 0.3) is 0 Å². The number of allylic oxidation sites excluding steroid dienone is 2. The fraction of sp³-hybridized carbons (Fsp3) is 0.762. The van der Waals surface area contributed by atoms with Gasteiger partial charge in [-0.3, -0.25) is 14.4 Å². The third-order valence-corrected chi connectivity index (χ3v) is 8.96. The van der Waals surface area contributed by atoms with Crippen molar-refractivity contribution in [2.45, 2.75) is 76.6 Å². The lowest BCUT2D eigenvalue weighted by Crippen LogP contribution is -2.58. The van der Waals surface area contributed by atoms with Crippen molar-refractivity contribution in [3.8, 4) is 0 Å². The van der Waals surface area contributed by atoms with E-state index in [2.05, 4.69) is 13.8 Å². The molecule has 2 saturated carbocycles. The number of hydrogen-bond acceptors (Lipinski definition) is 5. The van der Waals surface area contributed by atoms with Crippen molar-refractivity contribution in [2.24, 2.45) is 23.2 Å². The first kappa shape index (κ1) is 18.3. The number of fused-ring (bicyclic) bond motifs is 5. The summed E-state index contributed by atoms with van der Waals surface area (Å²) in [6.45, 7) is 6.01. The second-order valence-corrected chi connectivity index (χ2v) is 10.4. The van der Waals surface area contributed by atoms with E-state index in [1.54, 1.807) is 6.92 Å². The molecule has 0 bridgehead atoms. The third-order valence-electron chi connectivity index (χ3n) is 7.68. The van der Waals surface area contributed by atoms with Crippen LogP contribution in [-0.4, -0.2) is 27.7 Å². The van der Waals surface area contributed by atoms with Gasteiger partial charge in [0.1, 0.15) is 5.60 Å². The number of carbonyl (C=O) groups excluding carboxylic acids is 3. The SMILES string of the molecule is CC(=O)S[C@H]1CC(=O)C=C2CC[C@@H]3[C@@H](CC[C@@]4(C)OC(=O)CC[C@H]34)[C@]21C. The number of ether oxygens (including phenoxy) is 1. The summed E-state index contributed by atoms with van der Waals surface area (Å²) >= 11 is 1.36. The van der Waals surface area contributed by atoms with Gasteiger partial charge in [-0.15, -0.1) is 0 Å². The summed E-state index contributed by atoms with van der Waals surface area (Å²) in [7, 11) is 0. The maximum atomic E-state index is 12.3. The minimum absolute atomic E-state index is 0.0378. The highest BCUT2D eigenvalue weighted by atomic mass is 32.2. The van der Waals surface area contributed by atoms with Crippen LogP contribution in [0.5, 0.6) is 0 Å². The molecule has 5 heteroatoms. The van der Waals surface area contributed by atoms with Gasteiger partial charge in [0.05, 0.1) is 0 Å². The highest BCUT2D eigenvalue weighted by Gasteiger charge is 2.60. The molecule has 6 atom stereocenters. The van der Waals surface area contributed by atoms with Gasteiger partial charge in [-0.1, -0.05) is 24.3 Å². The van der Waals surface area contributed by atoms with E-state index in [1.807, 2.05) is 6.08 Å². The van der Waals surface area contributed by atoms with Crippen LogP contribution in [0.15, 0.2) is 11.6 Å². The number of ketones is 1. The Hall–Kier alpha value is -1.10. The zero-order valence-electron chi connectivity index (χ0n) is 15.9. The molecule has 3 fully saturated rings. The van der Waals surface area contributed by atoms with Gasteiger partial charge < -0.3 is 4.74 Å². The molecule has 1 saturated heterocycles. The molecular weight excluding hydrogens is 348 g/mol. The average Bonchev–Trinajstić information content (AvgIpc) is 2.54. The maximum Gasteiger partial charge on any atom is 0.306 e. The van der Waals surface area contributed by atoms with Gasteiger partial charge >= 0.3 is 5.97 Å². The zero-order chi connectivity index (χ0) is 18.7. The molecule has 0 unspecified atom stereocenters. The molecule has 0 radical (unpaired) electrons. The fourth-order valence-electron chi connectivity index (χ4n) is 6.47. The summed E-state index contributed by atoms with van der Waals surface area (Å²) in [6.07, 6.45) is 7.66. The minimum atomic E-state index is -0.332. The van der Waals surface area contributed by atoms with Crippen LogP contribution in [0.2, 0.25) is 0 Å². The van der Waals surface area contributed by atoms with E-state index in [4.69, 9.17) is 4.74 Å². The molecule has 26 heavy (non-hydrogen) atoms. The Morgan fingerprint density at radius 2 is 1.92 bits per heavy atom. The van der Waals surface area contributed by atoms with Crippen molar-refractivity contribution < 1.29 is 19.1 Å². The molecule has 3 aliphatic carbocycles. The quantitative estimate of drug-likeness (QED) is 0.646. The number of esters is 1. The lowest BCUT2D eigenvalue weighted by atomic mass is 9.48. The third kappa shape index (κ3) is 2.69. The van der Waals surface area contributed by atoms with E-state index in [0.717, 1.165) is 32.1 Å². The first-order valence-corrected chi connectivity index (χ1v) is 10.7. The molecule has 4 aliphatic rings. The molecule has 0 amide bonds. The van der Waals surface area contributed by atoms with Gasteiger partial charge in [0.25, 0.3) is 0 Å². The van der Waals surface area contributed by atoms with Crippen molar-refractivity contribution in [1.82, 2.24) is 0 Å². The number of thioether (sulfide) groups is 1. The second-order valence-electron chi connectivity index (χ2n) is 9.00. The van der Waals surface area contributed by atoms with Crippen molar-refractivity contribution >= 4 is 28.6 Å². The van der Waals surface area contributed by atoms with Crippen LogP contribution in [0.1, 0.15) is 65.7 Å². The molecule has 0 aromatic heterocycles. The summed E-state index contributed by atoms with van der Waals surface area (Å²) in [5.41, 5.74) is 0.822. The van der Waals surface area contributed by atoms with Crippen LogP contribution >= 0.6 is 11.8 Å². The summed E-state index contributed by atoms with van der Waals surface area (Å²) < 4.78 is 5.84. The van der Waals surface area contributed by atoms with Crippen molar-refractivity contribution in [1.29, 1.82) is 0 Å². The number of hydrogen-bond donors (Lipinski definition) is 0. The van der Waals surface area contributed by atoms with Gasteiger partial charge in [0, 0.05) is 36.3 Å². The Bertz CT molecular complexity index is 698. The van der Waals surface area contributed by atoms with E-state index >= 15 is 0 Å². The Balaban J connectivity index is 1.70. The Morgan fingerprint density at radius 1 is 1.15 bits per heavy atom. The first-order valence-electron chi connectivity index (χ1n) is 9.87. The van der Waals surface area contributed by atoms with Gasteiger partial charge in [-0.05, 0) is 56.9 Å². The molecule has 1 heterocycles. The lowest BCUT2D eigenvalue weighted by Gasteiger charge is -2.60. The molecule has 0 N–H and O–H groups in total. The van der Waals surface area contributed by atoms with E-state index in [1.165, 1.54) is 17.3 Å². The normalized spacial score (nSPS) is 45.0. The predicted molar refractivity (Wildman–Crippen MR) is 101 cm³/mol. The summed E-state index contributed by atoms with van der Waals surface area (Å²) in [6, 6.07) is 0. The van der Waals surface area contributed by atoms with Gasteiger partial charge in [0.15, 0.2) is 10.9 Å². The largest absolute Gasteiger partial charge is 0.459 e. The molecule has 4 rings (SSSR count). The van der Waals surface area contributed by atoms with E-state index in [9.17, 15) is 14.4 Å². The van der Waals surface area contributed by atoms with E-state index in [0.29, 0.717) is 30.6 Å². The lowest BCUT2D eigenvalue weighted by molar-refractivity contribution is -0.194. The molecular formula is C21H28O4S. The van der Waals surface area contributed by atoms with Crippen LogP contribution in [-0.2, 0) is 19.1 Å². The van der Waals surface area contributed by atoms with E-state index < -0.39 is 0 Å². The van der Waals surface area contributed by atoms with E-state index in [-0.39, 0.29) is 33.1 Å². The Morgan fingerprint density at radius 3 is 2.65 bits per heavy atom. The topological polar surface area (TPSA) is 60.4 Å². The summed E-state index contributed by atoms with van der Waals surface area (Å²) in [5, 5.41) is 0.135. The average molecular weight is 377 g/mol. The van der Waals surface area contributed by atoms with Crippen LogP contribution in [0.3, 0.4) is 0 Å². The van der Waals surface area contributed by atoms with Gasteiger partial charge in [0.2, 0.25) is 0 Å². The van der Waals surface area contributed by atoms with Crippen molar-refractivity contribution in [2.75, 3.05) is 0 Å². The number of carbonyl (C=O) groups is 3. The fourth-order valence-corrected chi connectivity index (χ4v) is 7.69. The van der Waals surface area contributed by atoms with Gasteiger partial charge in [-0.25, -0.2) is 0 Å². The molecule has 0 spiro atoms. The van der Waals surface area contributed by atoms with Crippen molar-refractivity contribution in [3.63, 3.8) is 0 Å². The molecule has 0 aromatic rings. The molecule has 4 nitrogen and oxygen atoms in total. The second kappa shape index (κ2) is 6.22. The van der Waals surface area contributed by atoms with Gasteiger partial charge in [-0.2, -0.15) is 0 Å². The standard InChI is InChI=1S/C21H28O4S/c1-12(22)26-18-11-14(23)10-13-4-5-15-16-6-7-19(24)25-20(16,2)9-8-17(15)21(13,18)3/h10,15-18H,4-9,11H2,1-3H3/t15-,16+,17+,18-,20+,21-/m0/s1. The molecule has 1 aliphatic heterocycles. The monoisotopic (exact) mass is 376 g/mol. The van der Waals surface area contributed by atoms with Crippen LogP contribution in [0.4, 0.5) is 0 Å². The predicted octanol–water partition coefficient (Wildman–Crippen LogP) is 4.07.